The summed E-state index contributed by atoms with van der Waals surface area (Å²) in [5.74, 6) is 0. The van der Waals surface area contributed by atoms with Crippen LogP contribution in [0.1, 0.15) is 5.69 Å². The van der Waals surface area contributed by atoms with E-state index < -0.39 is 0 Å². The van der Waals surface area contributed by atoms with E-state index >= 15 is 0 Å². The highest BCUT2D eigenvalue weighted by molar-refractivity contribution is 9.10. The van der Waals surface area contributed by atoms with Gasteiger partial charge in [-0.05, 0) is 23.6 Å². The van der Waals surface area contributed by atoms with Crippen LogP contribution in [0, 0.1) is 0 Å². The third-order valence-electron chi connectivity index (χ3n) is 2.07. The number of aromatic nitrogens is 1. The Morgan fingerprint density at radius 1 is 1.36 bits per heavy atom. The summed E-state index contributed by atoms with van der Waals surface area (Å²) in [5, 5.41) is 2.78. The molecule has 1 aromatic heterocycles. The van der Waals surface area contributed by atoms with Gasteiger partial charge in [0.25, 0.3) is 0 Å². The first-order valence-electron chi connectivity index (χ1n) is 4.15. The summed E-state index contributed by atoms with van der Waals surface area (Å²) >= 11 is 9.41. The van der Waals surface area contributed by atoms with Gasteiger partial charge in [-0.1, -0.05) is 27.5 Å². The van der Waals surface area contributed by atoms with Gasteiger partial charge in [-0.15, -0.1) is 0 Å². The van der Waals surface area contributed by atoms with E-state index in [1.165, 1.54) is 0 Å². The maximum atomic E-state index is 5.95. The number of halogens is 2. The molecular formula is C10H8BrClN2. The minimum absolute atomic E-state index is 0.421. The second-order valence-corrected chi connectivity index (χ2v) is 4.24. The molecule has 2 nitrogen and oxygen atoms in total. The van der Waals surface area contributed by atoms with Crippen molar-refractivity contribution in [3.8, 4) is 0 Å². The highest BCUT2D eigenvalue weighted by atomic mass is 79.9. The lowest BCUT2D eigenvalue weighted by Gasteiger charge is -2.05. The Balaban J connectivity index is 2.86. The number of hydrogen-bond donors (Lipinski definition) is 1. The third-order valence-corrected chi connectivity index (χ3v) is 2.94. The van der Waals surface area contributed by atoms with Crippen molar-refractivity contribution >= 4 is 38.3 Å². The Bertz CT molecular complexity index is 485. The molecule has 0 aliphatic rings. The van der Waals surface area contributed by atoms with Crippen LogP contribution in [0.5, 0.6) is 0 Å². The zero-order valence-corrected chi connectivity index (χ0v) is 9.64. The van der Waals surface area contributed by atoms with Gasteiger partial charge in [-0.25, -0.2) is 0 Å². The molecular weight excluding hydrogens is 263 g/mol. The molecule has 1 aromatic carbocycles. The Kier molecular flexibility index (Phi) is 2.72. The van der Waals surface area contributed by atoms with E-state index in [0.29, 0.717) is 11.6 Å². The largest absolute Gasteiger partial charge is 0.325 e. The molecule has 0 radical (unpaired) electrons. The van der Waals surface area contributed by atoms with E-state index in [4.69, 9.17) is 17.3 Å². The molecule has 0 saturated carbocycles. The van der Waals surface area contributed by atoms with Crippen molar-refractivity contribution in [3.63, 3.8) is 0 Å². The molecule has 4 heteroatoms. The van der Waals surface area contributed by atoms with Crippen LogP contribution in [0.2, 0.25) is 5.02 Å². The SMILES string of the molecule is NCc1nccc2c(Br)cc(Cl)cc12. The van der Waals surface area contributed by atoms with Crippen LogP contribution < -0.4 is 5.73 Å². The van der Waals surface area contributed by atoms with Crippen LogP contribution >= 0.6 is 27.5 Å². The number of nitrogens with two attached hydrogens (primary N) is 1. The molecule has 2 rings (SSSR count). The molecule has 2 aromatic rings. The first-order chi connectivity index (χ1) is 6.72. The molecule has 0 bridgehead atoms. The van der Waals surface area contributed by atoms with Crippen molar-refractivity contribution in [2.45, 2.75) is 6.54 Å². The predicted octanol–water partition coefficient (Wildman–Crippen LogP) is 3.11. The van der Waals surface area contributed by atoms with Crippen molar-refractivity contribution in [2.24, 2.45) is 5.73 Å². The van der Waals surface area contributed by atoms with Crippen molar-refractivity contribution in [1.82, 2.24) is 4.98 Å². The van der Waals surface area contributed by atoms with Gasteiger partial charge >= 0.3 is 0 Å². The second-order valence-electron chi connectivity index (χ2n) is 2.94. The molecule has 0 unspecified atom stereocenters. The van der Waals surface area contributed by atoms with E-state index in [-0.39, 0.29) is 0 Å². The van der Waals surface area contributed by atoms with Crippen molar-refractivity contribution < 1.29 is 0 Å². The van der Waals surface area contributed by atoms with Gasteiger partial charge in [0.1, 0.15) is 0 Å². The zero-order chi connectivity index (χ0) is 10.1. The van der Waals surface area contributed by atoms with Crippen LogP contribution in [0.25, 0.3) is 10.8 Å². The van der Waals surface area contributed by atoms with E-state index in [9.17, 15) is 0 Å². The highest BCUT2D eigenvalue weighted by Gasteiger charge is 2.05. The van der Waals surface area contributed by atoms with Crippen LogP contribution in [0.15, 0.2) is 28.9 Å². The molecule has 0 spiro atoms. The fourth-order valence-corrected chi connectivity index (χ4v) is 2.37. The lowest BCUT2D eigenvalue weighted by Crippen LogP contribution is -2.00. The number of nitrogens with zero attached hydrogens (tertiary/aromatic N) is 1. The number of rotatable bonds is 1. The van der Waals surface area contributed by atoms with Crippen LogP contribution in [-0.4, -0.2) is 4.98 Å². The fraction of sp³-hybridized carbons (Fsp3) is 0.100. The lowest BCUT2D eigenvalue weighted by atomic mass is 10.1. The number of pyridine rings is 1. The van der Waals surface area contributed by atoms with Crippen molar-refractivity contribution in [1.29, 1.82) is 0 Å². The average Bonchev–Trinajstić information content (AvgIpc) is 2.17. The summed E-state index contributed by atoms with van der Waals surface area (Å²) in [7, 11) is 0. The van der Waals surface area contributed by atoms with Crippen LogP contribution in [0.4, 0.5) is 0 Å². The Labute approximate surface area is 95.2 Å². The predicted molar refractivity (Wildman–Crippen MR) is 62.3 cm³/mol. The van der Waals surface area contributed by atoms with E-state index in [1.54, 1.807) is 6.20 Å². The molecule has 0 amide bonds. The maximum absolute atomic E-state index is 5.95. The van der Waals surface area contributed by atoms with Crippen LogP contribution in [-0.2, 0) is 6.54 Å². The van der Waals surface area contributed by atoms with Crippen LogP contribution in [0.3, 0.4) is 0 Å². The Morgan fingerprint density at radius 2 is 2.14 bits per heavy atom. The number of hydrogen-bond acceptors (Lipinski definition) is 2. The monoisotopic (exact) mass is 270 g/mol. The quantitative estimate of drug-likeness (QED) is 0.865. The Hall–Kier alpha value is -0.640. The summed E-state index contributed by atoms with van der Waals surface area (Å²) in [6, 6.07) is 5.69. The highest BCUT2D eigenvalue weighted by Crippen LogP contribution is 2.29. The minimum Gasteiger partial charge on any atom is -0.325 e. The number of benzene rings is 1. The Morgan fingerprint density at radius 3 is 2.86 bits per heavy atom. The zero-order valence-electron chi connectivity index (χ0n) is 7.30. The smallest absolute Gasteiger partial charge is 0.0618 e. The molecule has 0 saturated heterocycles. The molecule has 0 aliphatic heterocycles. The molecule has 1 heterocycles. The van der Waals surface area contributed by atoms with Gasteiger partial charge in [0.05, 0.1) is 5.69 Å². The van der Waals surface area contributed by atoms with Crippen molar-refractivity contribution in [2.75, 3.05) is 0 Å². The van der Waals surface area contributed by atoms with Gasteiger partial charge in [0, 0.05) is 27.6 Å². The van der Waals surface area contributed by atoms with E-state index in [0.717, 1.165) is 20.9 Å². The fourth-order valence-electron chi connectivity index (χ4n) is 1.43. The summed E-state index contributed by atoms with van der Waals surface area (Å²) in [6.45, 7) is 0.421. The number of fused-ring (bicyclic) bond motifs is 1. The molecule has 14 heavy (non-hydrogen) atoms. The van der Waals surface area contributed by atoms with Gasteiger partial charge in [-0.2, -0.15) is 0 Å². The maximum Gasteiger partial charge on any atom is 0.0618 e. The van der Waals surface area contributed by atoms with E-state index in [1.807, 2.05) is 18.2 Å². The molecule has 0 atom stereocenters. The molecule has 0 aliphatic carbocycles. The first-order valence-corrected chi connectivity index (χ1v) is 5.32. The standard InChI is InChI=1S/C10H8BrClN2/c11-9-4-6(12)3-8-7(9)1-2-14-10(8)5-13/h1-4H,5,13H2. The molecule has 0 fully saturated rings. The third kappa shape index (κ3) is 1.63. The van der Waals surface area contributed by atoms with E-state index in [2.05, 4.69) is 20.9 Å². The molecule has 2 N–H and O–H groups in total. The van der Waals surface area contributed by atoms with Gasteiger partial charge < -0.3 is 5.73 Å². The van der Waals surface area contributed by atoms with Gasteiger partial charge in [-0.3, -0.25) is 4.98 Å². The van der Waals surface area contributed by atoms with Gasteiger partial charge in [0.15, 0.2) is 0 Å². The minimum atomic E-state index is 0.421. The van der Waals surface area contributed by atoms with Gasteiger partial charge in [0.2, 0.25) is 0 Å². The summed E-state index contributed by atoms with van der Waals surface area (Å²) in [6.07, 6.45) is 1.75. The second kappa shape index (κ2) is 3.85. The first kappa shape index (κ1) is 9.90. The summed E-state index contributed by atoms with van der Waals surface area (Å²) in [4.78, 5) is 4.20. The molecule has 72 valence electrons. The summed E-state index contributed by atoms with van der Waals surface area (Å²) in [5.41, 5.74) is 6.46. The average molecular weight is 272 g/mol. The lowest BCUT2D eigenvalue weighted by molar-refractivity contribution is 1.01. The van der Waals surface area contributed by atoms with Crippen molar-refractivity contribution in [3.05, 3.63) is 39.6 Å². The summed E-state index contributed by atoms with van der Waals surface area (Å²) < 4.78 is 0.970. The topological polar surface area (TPSA) is 38.9 Å². The normalized spacial score (nSPS) is 10.8.